The number of nitrogens with zero attached hydrogens (tertiary/aromatic N) is 2. The second-order valence-corrected chi connectivity index (χ2v) is 5.91. The van der Waals surface area contributed by atoms with Crippen molar-refractivity contribution >= 4 is 24.8 Å². The maximum atomic E-state index is 11.8. The average Bonchev–Trinajstić information content (AvgIpc) is 2.99. The van der Waals surface area contributed by atoms with Crippen LogP contribution in [-0.4, -0.2) is 32.4 Å². The van der Waals surface area contributed by atoms with Crippen LogP contribution in [0.3, 0.4) is 0 Å². The molecule has 0 saturated heterocycles. The molecule has 4 N–H and O–H groups in total. The van der Waals surface area contributed by atoms with E-state index in [4.69, 9.17) is 10.5 Å². The fourth-order valence-electron chi connectivity index (χ4n) is 2.23. The number of anilines is 1. The lowest BCUT2D eigenvalue weighted by molar-refractivity contribution is -0.342. The molecule has 12 heteroatoms. The monoisotopic (exact) mass is 342 g/mol. The maximum absolute atomic E-state index is 11.8. The summed E-state index contributed by atoms with van der Waals surface area (Å²) in [6, 6.07) is 1.49. The van der Waals surface area contributed by atoms with Crippen LogP contribution >= 0.6 is 7.82 Å². The summed E-state index contributed by atoms with van der Waals surface area (Å²) in [5, 5.41) is 10.0. The predicted octanol–water partition coefficient (Wildman–Crippen LogP) is -1.51. The Hall–Kier alpha value is -2.17. The molecule has 0 spiro atoms. The largest absolute Gasteiger partial charge is 0.790 e. The maximum Gasteiger partial charge on any atom is 0.261 e. The Morgan fingerprint density at radius 3 is 3.00 bits per heavy atom. The Labute approximate surface area is 128 Å². The number of nitrogens with one attached hydrogen (secondary N) is 1. The summed E-state index contributed by atoms with van der Waals surface area (Å²) < 4.78 is 21.4. The van der Waals surface area contributed by atoms with Gasteiger partial charge in [0, 0.05) is 12.3 Å². The lowest BCUT2D eigenvalue weighted by Gasteiger charge is -2.29. The first-order chi connectivity index (χ1) is 10.7. The van der Waals surface area contributed by atoms with Crippen molar-refractivity contribution in [2.45, 2.75) is 12.3 Å². The quantitative estimate of drug-likeness (QED) is 0.557. The smallest absolute Gasteiger partial charge is 0.261 e. The number of H-pyrrole nitrogens is 1. The van der Waals surface area contributed by atoms with E-state index >= 15 is 0 Å². The molecule has 11 nitrogen and oxygen atoms in total. The van der Waals surface area contributed by atoms with E-state index in [1.807, 2.05) is 0 Å². The van der Waals surface area contributed by atoms with Gasteiger partial charge in [0.1, 0.15) is 11.9 Å². The van der Waals surface area contributed by atoms with Crippen LogP contribution in [0, 0.1) is 0 Å². The molecule has 0 radical (unpaired) electrons. The van der Waals surface area contributed by atoms with Crippen LogP contribution in [0.2, 0.25) is 0 Å². The first-order valence-electron chi connectivity index (χ1n) is 6.33. The standard InChI is InChI=1S/C11H13N4O7P/c12-11-13-9-5(10(17)14-11)1-2-15(9)8-3-6(16)7(22-8)4-21-23(18,19)20/h1-3,7-8,16H,4H2,(H2,18,19,20)(H3,12,13,14,17)/p-2. The van der Waals surface area contributed by atoms with Gasteiger partial charge in [-0.1, -0.05) is 0 Å². The van der Waals surface area contributed by atoms with Crippen LogP contribution in [0.5, 0.6) is 0 Å². The molecule has 2 unspecified atom stereocenters. The highest BCUT2D eigenvalue weighted by molar-refractivity contribution is 7.43. The molecule has 23 heavy (non-hydrogen) atoms. The Kier molecular flexibility index (Phi) is 3.74. The van der Waals surface area contributed by atoms with Crippen molar-refractivity contribution < 1.29 is 28.7 Å². The number of aromatic nitrogens is 3. The van der Waals surface area contributed by atoms with Crippen LogP contribution in [-0.2, 0) is 13.8 Å². The van der Waals surface area contributed by atoms with Gasteiger partial charge in [0.05, 0.1) is 19.8 Å². The van der Waals surface area contributed by atoms with Gasteiger partial charge >= 0.3 is 0 Å². The van der Waals surface area contributed by atoms with Crippen LogP contribution < -0.4 is 21.1 Å². The molecule has 0 aromatic carbocycles. The number of aromatic amines is 1. The zero-order valence-corrected chi connectivity index (χ0v) is 12.3. The number of ether oxygens (including phenoxy) is 1. The van der Waals surface area contributed by atoms with Crippen molar-refractivity contribution in [3.63, 3.8) is 0 Å². The molecular formula is C11H11N4O7P-2. The Morgan fingerprint density at radius 1 is 1.57 bits per heavy atom. The normalized spacial score (nSPS) is 21.7. The van der Waals surface area contributed by atoms with Crippen LogP contribution in [0.1, 0.15) is 6.23 Å². The van der Waals surface area contributed by atoms with E-state index in [-0.39, 0.29) is 22.7 Å². The molecular weight excluding hydrogens is 331 g/mol. The van der Waals surface area contributed by atoms with Gasteiger partial charge in [0.15, 0.2) is 11.9 Å². The summed E-state index contributed by atoms with van der Waals surface area (Å²) in [4.78, 5) is 39.1. The molecule has 1 aliphatic rings. The fourth-order valence-corrected chi connectivity index (χ4v) is 2.54. The number of phosphoric acid groups is 1. The van der Waals surface area contributed by atoms with Crippen molar-refractivity contribution in [3.8, 4) is 0 Å². The fraction of sp³-hybridized carbons (Fsp3) is 0.273. The van der Waals surface area contributed by atoms with Crippen molar-refractivity contribution in [3.05, 3.63) is 34.5 Å². The first kappa shape index (κ1) is 15.7. The molecule has 1 aliphatic heterocycles. The highest BCUT2D eigenvalue weighted by Gasteiger charge is 2.29. The van der Waals surface area contributed by atoms with Gasteiger partial charge in [-0.25, -0.2) is 0 Å². The molecule has 2 atom stereocenters. The van der Waals surface area contributed by atoms with Gasteiger partial charge in [0.2, 0.25) is 5.95 Å². The number of hydrogen-bond acceptors (Lipinski definition) is 9. The van der Waals surface area contributed by atoms with Gasteiger partial charge in [0.25, 0.3) is 5.56 Å². The Bertz CT molecular complexity index is 882. The molecule has 2 aromatic heterocycles. The second kappa shape index (κ2) is 5.48. The van der Waals surface area contributed by atoms with E-state index in [0.29, 0.717) is 0 Å². The van der Waals surface area contributed by atoms with E-state index < -0.39 is 32.3 Å². The van der Waals surface area contributed by atoms with Gasteiger partial charge in [-0.05, 0) is 6.07 Å². The SMILES string of the molecule is Nc1nc2c(ccn2C2C=C(O)C(COP(=O)([O-])[O-])O2)c(=O)[nH]1. The summed E-state index contributed by atoms with van der Waals surface area (Å²) in [7, 11) is -5.18. The molecule has 0 aliphatic carbocycles. The van der Waals surface area contributed by atoms with Crippen molar-refractivity contribution in [1.29, 1.82) is 0 Å². The highest BCUT2D eigenvalue weighted by Crippen LogP contribution is 2.32. The van der Waals surface area contributed by atoms with Gasteiger partial charge in [-0.15, -0.1) is 0 Å². The van der Waals surface area contributed by atoms with Gasteiger partial charge < -0.3 is 39.0 Å². The Balaban J connectivity index is 1.87. The zero-order valence-electron chi connectivity index (χ0n) is 11.4. The molecule has 124 valence electrons. The molecule has 0 saturated carbocycles. The van der Waals surface area contributed by atoms with Crippen LogP contribution in [0.25, 0.3) is 11.0 Å². The lowest BCUT2D eigenvalue weighted by atomic mass is 10.3. The molecule has 3 rings (SSSR count). The van der Waals surface area contributed by atoms with Crippen LogP contribution in [0.15, 0.2) is 28.9 Å². The number of nitrogen functional groups attached to an aromatic ring is 1. The summed E-state index contributed by atoms with van der Waals surface area (Å²) >= 11 is 0. The number of phosphoric ester groups is 1. The number of hydrogen-bond donors (Lipinski definition) is 3. The third-order valence-electron chi connectivity index (χ3n) is 3.20. The van der Waals surface area contributed by atoms with E-state index in [0.717, 1.165) is 0 Å². The topological polar surface area (TPSA) is 179 Å². The average molecular weight is 342 g/mol. The van der Waals surface area contributed by atoms with Crippen molar-refractivity contribution in [1.82, 2.24) is 14.5 Å². The van der Waals surface area contributed by atoms with Gasteiger partial charge in [-0.3, -0.25) is 9.78 Å². The first-order valence-corrected chi connectivity index (χ1v) is 7.80. The lowest BCUT2D eigenvalue weighted by Crippen LogP contribution is -2.24. The summed E-state index contributed by atoms with van der Waals surface area (Å²) in [6.07, 6.45) is 0.768. The minimum Gasteiger partial charge on any atom is -0.790 e. The van der Waals surface area contributed by atoms with Crippen molar-refractivity contribution in [2.24, 2.45) is 0 Å². The minimum absolute atomic E-state index is 0.0906. The molecule has 0 amide bonds. The van der Waals surface area contributed by atoms with E-state index in [1.165, 1.54) is 22.9 Å². The number of nitrogens with two attached hydrogens (primary N) is 1. The molecule has 2 aromatic rings. The minimum atomic E-state index is -5.18. The highest BCUT2D eigenvalue weighted by atomic mass is 31.2. The van der Waals surface area contributed by atoms with Gasteiger partial charge in [-0.2, -0.15) is 4.98 Å². The summed E-state index contributed by atoms with van der Waals surface area (Å²) in [5.41, 5.74) is 5.28. The molecule has 0 fully saturated rings. The third-order valence-corrected chi connectivity index (χ3v) is 3.67. The second-order valence-electron chi connectivity index (χ2n) is 4.76. The van der Waals surface area contributed by atoms with Crippen molar-refractivity contribution in [2.75, 3.05) is 12.3 Å². The van der Waals surface area contributed by atoms with E-state index in [1.54, 1.807) is 0 Å². The molecule has 3 heterocycles. The van der Waals surface area contributed by atoms with E-state index in [2.05, 4.69) is 14.5 Å². The summed E-state index contributed by atoms with van der Waals surface area (Å²) in [5.74, 6) is -0.393. The predicted molar refractivity (Wildman–Crippen MR) is 72.9 cm³/mol. The number of aliphatic hydroxyl groups is 1. The number of rotatable bonds is 4. The number of fused-ring (bicyclic) bond motifs is 1. The Morgan fingerprint density at radius 2 is 2.30 bits per heavy atom. The zero-order chi connectivity index (χ0) is 16.8. The van der Waals surface area contributed by atoms with E-state index in [9.17, 15) is 24.3 Å². The number of aliphatic hydroxyl groups excluding tert-OH is 1. The third kappa shape index (κ3) is 3.14. The molecule has 0 bridgehead atoms. The van der Waals surface area contributed by atoms with Crippen LogP contribution in [0.4, 0.5) is 5.95 Å². The summed E-state index contributed by atoms with van der Waals surface area (Å²) in [6.45, 7) is -0.654.